The number of nitrogens with one attached hydrogen (secondary N) is 1. The Morgan fingerprint density at radius 1 is 1.40 bits per heavy atom. The lowest BCUT2D eigenvalue weighted by Crippen LogP contribution is -2.58. The first kappa shape index (κ1) is 13.7. The van der Waals surface area contributed by atoms with Crippen molar-refractivity contribution in [3.05, 3.63) is 0 Å². The number of carbonyl (C=O) groups excluding carboxylic acids is 1. The van der Waals surface area contributed by atoms with Crippen LogP contribution in [0, 0.1) is 11.3 Å². The van der Waals surface area contributed by atoms with E-state index in [9.17, 15) is 4.79 Å². The van der Waals surface area contributed by atoms with Gasteiger partial charge in [-0.2, -0.15) is 0 Å². The number of oxime groups is 1. The average Bonchev–Trinajstić information content (AvgIpc) is 3.15. The van der Waals surface area contributed by atoms with Gasteiger partial charge in [0.2, 0.25) is 5.91 Å². The number of nitrogens with two attached hydrogens (primary N) is 1. The van der Waals surface area contributed by atoms with Crippen LogP contribution in [0.15, 0.2) is 5.16 Å². The third-order valence-electron chi connectivity index (χ3n) is 5.04. The van der Waals surface area contributed by atoms with Gasteiger partial charge in [-0.1, -0.05) is 12.1 Å². The molecule has 3 fully saturated rings. The molecule has 1 unspecified atom stereocenters. The first-order valence-corrected chi connectivity index (χ1v) is 7.58. The van der Waals surface area contributed by atoms with Crippen molar-refractivity contribution in [3.63, 3.8) is 0 Å². The second-order valence-corrected chi connectivity index (χ2v) is 6.77. The van der Waals surface area contributed by atoms with Crippen LogP contribution >= 0.6 is 0 Å². The number of amidine groups is 1. The fraction of sp³-hybridized carbons (Fsp3) is 0.857. The summed E-state index contributed by atoms with van der Waals surface area (Å²) in [6.45, 7) is 4.10. The number of carbonyl (C=O) groups is 1. The topological polar surface area (TPSA) is 91.0 Å². The zero-order valence-corrected chi connectivity index (χ0v) is 12.0. The second kappa shape index (κ2) is 4.91. The van der Waals surface area contributed by atoms with Crippen LogP contribution in [0.3, 0.4) is 0 Å². The fourth-order valence-corrected chi connectivity index (χ4v) is 3.74. The average molecular weight is 280 g/mol. The standard InChI is InChI=1S/C14H24N4O2/c1-9-6-14(7-9,12(15)17-20)13(19)16-10-4-5-18(8-10)11-2-3-11/h9-11,20H,2-8H2,1H3,(H2,15,17)(H,16,19). The molecule has 1 saturated heterocycles. The van der Waals surface area contributed by atoms with Crippen LogP contribution in [0.1, 0.15) is 39.0 Å². The Kier molecular flexibility index (Phi) is 3.36. The van der Waals surface area contributed by atoms with E-state index >= 15 is 0 Å². The molecule has 6 nitrogen and oxygen atoms in total. The smallest absolute Gasteiger partial charge is 0.234 e. The minimum Gasteiger partial charge on any atom is -0.409 e. The van der Waals surface area contributed by atoms with Gasteiger partial charge >= 0.3 is 0 Å². The Labute approximate surface area is 119 Å². The number of amides is 1. The molecule has 3 rings (SSSR count). The second-order valence-electron chi connectivity index (χ2n) is 6.77. The van der Waals surface area contributed by atoms with Crippen LogP contribution in [0.4, 0.5) is 0 Å². The lowest BCUT2D eigenvalue weighted by Gasteiger charge is -2.44. The van der Waals surface area contributed by atoms with Crippen molar-refractivity contribution in [3.8, 4) is 0 Å². The molecule has 0 spiro atoms. The molecule has 1 amide bonds. The van der Waals surface area contributed by atoms with E-state index in [1.54, 1.807) is 0 Å². The molecular formula is C14H24N4O2. The van der Waals surface area contributed by atoms with Gasteiger partial charge in [-0.3, -0.25) is 9.69 Å². The summed E-state index contributed by atoms with van der Waals surface area (Å²) in [4.78, 5) is 15.0. The number of likely N-dealkylation sites (tertiary alicyclic amines) is 1. The van der Waals surface area contributed by atoms with E-state index in [1.165, 1.54) is 12.8 Å². The van der Waals surface area contributed by atoms with Crippen LogP contribution < -0.4 is 11.1 Å². The van der Waals surface area contributed by atoms with Gasteiger partial charge in [0, 0.05) is 25.2 Å². The Bertz CT molecular complexity index is 427. The van der Waals surface area contributed by atoms with E-state index in [-0.39, 0.29) is 17.8 Å². The van der Waals surface area contributed by atoms with Gasteiger partial charge in [-0.05, 0) is 38.0 Å². The van der Waals surface area contributed by atoms with Gasteiger partial charge in [-0.15, -0.1) is 0 Å². The van der Waals surface area contributed by atoms with Crippen molar-refractivity contribution < 1.29 is 10.0 Å². The summed E-state index contributed by atoms with van der Waals surface area (Å²) in [5, 5.41) is 15.1. The van der Waals surface area contributed by atoms with Crippen LogP contribution in [0.2, 0.25) is 0 Å². The van der Waals surface area contributed by atoms with Crippen molar-refractivity contribution >= 4 is 11.7 Å². The monoisotopic (exact) mass is 280 g/mol. The Morgan fingerprint density at radius 3 is 2.65 bits per heavy atom. The van der Waals surface area contributed by atoms with Crippen LogP contribution in [0.5, 0.6) is 0 Å². The quantitative estimate of drug-likeness (QED) is 0.303. The van der Waals surface area contributed by atoms with Gasteiger partial charge in [-0.25, -0.2) is 0 Å². The number of nitrogens with zero attached hydrogens (tertiary/aromatic N) is 2. The Balaban J connectivity index is 1.60. The maximum absolute atomic E-state index is 12.5. The van der Waals surface area contributed by atoms with E-state index in [0.29, 0.717) is 18.8 Å². The van der Waals surface area contributed by atoms with Gasteiger partial charge in [0.25, 0.3) is 0 Å². The molecule has 0 aromatic heterocycles. The van der Waals surface area contributed by atoms with Gasteiger partial charge < -0.3 is 16.3 Å². The molecule has 2 saturated carbocycles. The molecule has 112 valence electrons. The van der Waals surface area contributed by atoms with Crippen molar-refractivity contribution in [2.45, 2.75) is 51.1 Å². The molecule has 0 aromatic rings. The lowest BCUT2D eigenvalue weighted by molar-refractivity contribution is -0.133. The van der Waals surface area contributed by atoms with E-state index in [0.717, 1.165) is 25.6 Å². The van der Waals surface area contributed by atoms with E-state index in [1.807, 2.05) is 0 Å². The molecule has 6 heteroatoms. The molecule has 1 atom stereocenters. The first-order valence-electron chi connectivity index (χ1n) is 7.58. The predicted octanol–water partition coefficient (Wildman–Crippen LogP) is 0.502. The molecule has 4 N–H and O–H groups in total. The van der Waals surface area contributed by atoms with Gasteiger partial charge in [0.1, 0.15) is 5.41 Å². The third kappa shape index (κ3) is 2.26. The van der Waals surface area contributed by atoms with Crippen LogP contribution in [-0.4, -0.2) is 47.0 Å². The summed E-state index contributed by atoms with van der Waals surface area (Å²) in [6, 6.07) is 0.959. The first-order chi connectivity index (χ1) is 9.55. The molecule has 3 aliphatic rings. The molecule has 1 aliphatic heterocycles. The van der Waals surface area contributed by atoms with Crippen molar-refractivity contribution in [2.24, 2.45) is 22.2 Å². The Hall–Kier alpha value is -1.30. The van der Waals surface area contributed by atoms with Crippen LogP contribution in [0.25, 0.3) is 0 Å². The molecule has 1 heterocycles. The molecule has 0 aromatic carbocycles. The zero-order valence-electron chi connectivity index (χ0n) is 12.0. The number of hydrogen-bond donors (Lipinski definition) is 3. The number of rotatable bonds is 4. The van der Waals surface area contributed by atoms with Crippen molar-refractivity contribution in [1.82, 2.24) is 10.2 Å². The van der Waals surface area contributed by atoms with Crippen molar-refractivity contribution in [1.29, 1.82) is 0 Å². The third-order valence-corrected chi connectivity index (χ3v) is 5.04. The zero-order chi connectivity index (χ0) is 14.3. The minimum absolute atomic E-state index is 0.0603. The molecule has 0 radical (unpaired) electrons. The summed E-state index contributed by atoms with van der Waals surface area (Å²) >= 11 is 0. The molecular weight excluding hydrogens is 256 g/mol. The highest BCUT2D eigenvalue weighted by Crippen LogP contribution is 2.46. The lowest BCUT2D eigenvalue weighted by atomic mass is 9.61. The SMILES string of the molecule is CC1CC(C(=O)NC2CCN(C3CC3)C2)(C(N)=NO)C1. The summed E-state index contributed by atoms with van der Waals surface area (Å²) in [5.74, 6) is 0.450. The van der Waals surface area contributed by atoms with Gasteiger partial charge in [0.05, 0.1) is 0 Å². The maximum Gasteiger partial charge on any atom is 0.234 e. The summed E-state index contributed by atoms with van der Waals surface area (Å²) in [6.07, 6.45) is 4.95. The predicted molar refractivity (Wildman–Crippen MR) is 75.4 cm³/mol. The molecule has 0 bridgehead atoms. The fourth-order valence-electron chi connectivity index (χ4n) is 3.74. The molecule has 2 aliphatic carbocycles. The number of hydrogen-bond acceptors (Lipinski definition) is 4. The largest absolute Gasteiger partial charge is 0.409 e. The summed E-state index contributed by atoms with van der Waals surface area (Å²) in [7, 11) is 0. The highest BCUT2D eigenvalue weighted by atomic mass is 16.4. The van der Waals surface area contributed by atoms with E-state index in [4.69, 9.17) is 10.9 Å². The minimum atomic E-state index is -0.777. The van der Waals surface area contributed by atoms with Crippen LogP contribution in [-0.2, 0) is 4.79 Å². The van der Waals surface area contributed by atoms with Gasteiger partial charge in [0.15, 0.2) is 5.84 Å². The maximum atomic E-state index is 12.5. The van der Waals surface area contributed by atoms with E-state index < -0.39 is 5.41 Å². The summed E-state index contributed by atoms with van der Waals surface area (Å²) in [5.41, 5.74) is 4.99. The van der Waals surface area contributed by atoms with E-state index in [2.05, 4.69) is 22.3 Å². The summed E-state index contributed by atoms with van der Waals surface area (Å²) < 4.78 is 0. The highest BCUT2D eigenvalue weighted by Gasteiger charge is 2.52. The Morgan fingerprint density at radius 2 is 2.10 bits per heavy atom. The highest BCUT2D eigenvalue weighted by molar-refractivity contribution is 6.07. The molecule has 20 heavy (non-hydrogen) atoms. The normalized spacial score (nSPS) is 38.5. The van der Waals surface area contributed by atoms with Crippen molar-refractivity contribution in [2.75, 3.05) is 13.1 Å².